The van der Waals surface area contributed by atoms with E-state index < -0.39 is 0 Å². The second-order valence-corrected chi connectivity index (χ2v) is 7.39. The number of aromatic amines is 1. The van der Waals surface area contributed by atoms with Crippen molar-refractivity contribution in [3.05, 3.63) is 83.8 Å². The molecule has 0 bridgehead atoms. The lowest BCUT2D eigenvalue weighted by Crippen LogP contribution is -2.30. The molecular formula is C24H20FN3O2. The van der Waals surface area contributed by atoms with E-state index in [1.807, 2.05) is 24.3 Å². The number of halogens is 1. The van der Waals surface area contributed by atoms with Crippen LogP contribution in [0.2, 0.25) is 0 Å². The Bertz CT molecular complexity index is 1250. The highest BCUT2D eigenvalue weighted by molar-refractivity contribution is 6.01. The van der Waals surface area contributed by atoms with E-state index >= 15 is 0 Å². The van der Waals surface area contributed by atoms with Gasteiger partial charge in [0.2, 0.25) is 0 Å². The molecule has 30 heavy (non-hydrogen) atoms. The SMILES string of the molecule is COc1ccc(-c2ccc3c(c2)CN(C(=O)Nc2c[nH]c4ccc(F)cc24)C3)cc1. The Kier molecular flexibility index (Phi) is 4.39. The summed E-state index contributed by atoms with van der Waals surface area (Å²) >= 11 is 0. The van der Waals surface area contributed by atoms with Crippen molar-refractivity contribution in [1.82, 2.24) is 9.88 Å². The van der Waals surface area contributed by atoms with Gasteiger partial charge in [-0.3, -0.25) is 0 Å². The predicted octanol–water partition coefficient (Wildman–Crippen LogP) is 5.53. The number of hydrogen-bond donors (Lipinski definition) is 2. The molecule has 0 saturated carbocycles. The number of fused-ring (bicyclic) bond motifs is 2. The topological polar surface area (TPSA) is 57.4 Å². The molecule has 4 aromatic rings. The quantitative estimate of drug-likeness (QED) is 0.474. The molecule has 3 aromatic carbocycles. The number of anilines is 1. The summed E-state index contributed by atoms with van der Waals surface area (Å²) in [4.78, 5) is 17.6. The summed E-state index contributed by atoms with van der Waals surface area (Å²) in [6, 6.07) is 18.5. The highest BCUT2D eigenvalue weighted by Crippen LogP contribution is 2.30. The molecule has 1 aliphatic rings. The molecule has 0 unspecified atom stereocenters. The normalized spacial score (nSPS) is 12.8. The van der Waals surface area contributed by atoms with Crippen LogP contribution in [-0.2, 0) is 13.1 Å². The summed E-state index contributed by atoms with van der Waals surface area (Å²) in [6.45, 7) is 1.07. The predicted molar refractivity (Wildman–Crippen MR) is 115 cm³/mol. The largest absolute Gasteiger partial charge is 0.497 e. The zero-order valence-electron chi connectivity index (χ0n) is 16.4. The maximum atomic E-state index is 13.6. The molecule has 0 radical (unpaired) electrons. The molecule has 150 valence electrons. The fourth-order valence-corrected chi connectivity index (χ4v) is 3.89. The van der Waals surface area contributed by atoms with Crippen LogP contribution in [-0.4, -0.2) is 23.0 Å². The van der Waals surface area contributed by atoms with Crippen molar-refractivity contribution in [3.8, 4) is 16.9 Å². The van der Waals surface area contributed by atoms with Crippen LogP contribution in [0.4, 0.5) is 14.9 Å². The lowest BCUT2D eigenvalue weighted by molar-refractivity contribution is 0.212. The third-order valence-corrected chi connectivity index (χ3v) is 5.52. The molecule has 1 aliphatic heterocycles. The van der Waals surface area contributed by atoms with E-state index in [0.717, 1.165) is 33.5 Å². The van der Waals surface area contributed by atoms with E-state index in [9.17, 15) is 9.18 Å². The molecule has 1 aromatic heterocycles. The monoisotopic (exact) mass is 401 g/mol. The number of nitrogens with zero attached hydrogens (tertiary/aromatic N) is 1. The molecular weight excluding hydrogens is 381 g/mol. The van der Waals surface area contributed by atoms with Crippen LogP contribution in [0.25, 0.3) is 22.0 Å². The van der Waals surface area contributed by atoms with E-state index in [2.05, 4.69) is 28.5 Å². The summed E-state index contributed by atoms with van der Waals surface area (Å²) in [6.07, 6.45) is 1.69. The molecule has 6 heteroatoms. The summed E-state index contributed by atoms with van der Waals surface area (Å²) in [5, 5.41) is 3.56. The molecule has 0 fully saturated rings. The zero-order chi connectivity index (χ0) is 20.7. The van der Waals surface area contributed by atoms with E-state index in [1.165, 1.54) is 12.1 Å². The number of hydrogen-bond acceptors (Lipinski definition) is 2. The Hall–Kier alpha value is -3.80. The minimum atomic E-state index is -0.336. The number of methoxy groups -OCH3 is 1. The molecule has 2 amide bonds. The molecule has 2 heterocycles. The lowest BCUT2D eigenvalue weighted by Gasteiger charge is -2.16. The number of rotatable bonds is 3. The van der Waals surface area contributed by atoms with Gasteiger partial charge in [-0.15, -0.1) is 0 Å². The fourth-order valence-electron chi connectivity index (χ4n) is 3.89. The Morgan fingerprint density at radius 1 is 1.00 bits per heavy atom. The van der Waals surface area contributed by atoms with Crippen molar-refractivity contribution < 1.29 is 13.9 Å². The first kappa shape index (κ1) is 18.2. The number of aromatic nitrogens is 1. The van der Waals surface area contributed by atoms with Gasteiger partial charge in [-0.2, -0.15) is 0 Å². The fraction of sp³-hybridized carbons (Fsp3) is 0.125. The van der Waals surface area contributed by atoms with Crippen molar-refractivity contribution in [3.63, 3.8) is 0 Å². The Labute approximate surface area is 173 Å². The van der Waals surface area contributed by atoms with Gasteiger partial charge in [0.05, 0.1) is 12.8 Å². The first-order chi connectivity index (χ1) is 14.6. The van der Waals surface area contributed by atoms with Gasteiger partial charge in [0.1, 0.15) is 11.6 Å². The second kappa shape index (κ2) is 7.22. The minimum absolute atomic E-state index is 0.206. The second-order valence-electron chi connectivity index (χ2n) is 7.39. The molecule has 5 rings (SSSR count). The summed E-state index contributed by atoms with van der Waals surface area (Å²) in [5.74, 6) is 0.483. The maximum absolute atomic E-state index is 13.6. The van der Waals surface area contributed by atoms with Gasteiger partial charge >= 0.3 is 6.03 Å². The van der Waals surface area contributed by atoms with Gasteiger partial charge in [-0.1, -0.05) is 24.3 Å². The van der Waals surface area contributed by atoms with Crippen LogP contribution in [0.1, 0.15) is 11.1 Å². The minimum Gasteiger partial charge on any atom is -0.497 e. The van der Waals surface area contributed by atoms with Crippen LogP contribution in [0, 0.1) is 5.82 Å². The Balaban J connectivity index is 1.33. The van der Waals surface area contributed by atoms with Crippen LogP contribution >= 0.6 is 0 Å². The van der Waals surface area contributed by atoms with E-state index in [1.54, 1.807) is 24.3 Å². The average molecular weight is 401 g/mol. The summed E-state index contributed by atoms with van der Waals surface area (Å²) < 4.78 is 18.8. The average Bonchev–Trinajstić information content (AvgIpc) is 3.37. The number of carbonyl (C=O) groups is 1. The van der Waals surface area contributed by atoms with Crippen molar-refractivity contribution >= 4 is 22.6 Å². The first-order valence-electron chi connectivity index (χ1n) is 9.69. The summed E-state index contributed by atoms with van der Waals surface area (Å²) in [7, 11) is 1.65. The van der Waals surface area contributed by atoms with Crippen molar-refractivity contribution in [1.29, 1.82) is 0 Å². The van der Waals surface area contributed by atoms with Gasteiger partial charge < -0.3 is 19.9 Å². The number of nitrogens with one attached hydrogen (secondary N) is 2. The molecule has 5 nitrogen and oxygen atoms in total. The van der Waals surface area contributed by atoms with Crippen molar-refractivity contribution in [2.24, 2.45) is 0 Å². The highest BCUT2D eigenvalue weighted by Gasteiger charge is 2.24. The van der Waals surface area contributed by atoms with Crippen LogP contribution in [0.5, 0.6) is 5.75 Å². The smallest absolute Gasteiger partial charge is 0.322 e. The third kappa shape index (κ3) is 3.26. The standard InChI is InChI=1S/C24H20FN3O2/c1-30-20-7-4-15(5-8-20)16-2-3-17-13-28(14-18(17)10-16)24(29)27-23-12-26-22-9-6-19(25)11-21(22)23/h2-12,26H,13-14H2,1H3,(H,27,29). The highest BCUT2D eigenvalue weighted by atomic mass is 19.1. The summed E-state index contributed by atoms with van der Waals surface area (Å²) in [5.41, 5.74) is 5.81. The van der Waals surface area contributed by atoms with Crippen LogP contribution in [0.15, 0.2) is 66.9 Å². The van der Waals surface area contributed by atoms with E-state index in [-0.39, 0.29) is 11.8 Å². The molecule has 0 saturated heterocycles. The van der Waals surface area contributed by atoms with Gasteiger partial charge in [0.15, 0.2) is 0 Å². The first-order valence-corrected chi connectivity index (χ1v) is 9.69. The van der Waals surface area contributed by atoms with Gasteiger partial charge in [0, 0.05) is 30.2 Å². The zero-order valence-corrected chi connectivity index (χ0v) is 16.4. The maximum Gasteiger partial charge on any atom is 0.322 e. The number of carbonyl (C=O) groups excluding carboxylic acids is 1. The third-order valence-electron chi connectivity index (χ3n) is 5.52. The number of H-pyrrole nitrogens is 1. The number of ether oxygens (including phenoxy) is 1. The van der Waals surface area contributed by atoms with Gasteiger partial charge in [0.25, 0.3) is 0 Å². The lowest BCUT2D eigenvalue weighted by atomic mass is 10.0. The van der Waals surface area contributed by atoms with Gasteiger partial charge in [-0.05, 0) is 58.7 Å². The van der Waals surface area contributed by atoms with Gasteiger partial charge in [-0.25, -0.2) is 9.18 Å². The van der Waals surface area contributed by atoms with Crippen molar-refractivity contribution in [2.75, 3.05) is 12.4 Å². The Morgan fingerprint density at radius 3 is 2.57 bits per heavy atom. The molecule has 0 atom stereocenters. The Morgan fingerprint density at radius 2 is 1.77 bits per heavy atom. The number of benzene rings is 3. The van der Waals surface area contributed by atoms with E-state index in [0.29, 0.717) is 24.2 Å². The molecule has 0 spiro atoms. The number of amides is 2. The molecule has 0 aliphatic carbocycles. The molecule has 2 N–H and O–H groups in total. The van der Waals surface area contributed by atoms with E-state index in [4.69, 9.17) is 4.74 Å². The number of urea groups is 1. The van der Waals surface area contributed by atoms with Crippen LogP contribution in [0.3, 0.4) is 0 Å². The van der Waals surface area contributed by atoms with Crippen LogP contribution < -0.4 is 10.1 Å². The van der Waals surface area contributed by atoms with Crippen molar-refractivity contribution in [2.45, 2.75) is 13.1 Å².